The van der Waals surface area contributed by atoms with Gasteiger partial charge in [-0.25, -0.2) is 0 Å². The van der Waals surface area contributed by atoms with E-state index in [2.05, 4.69) is 21.3 Å². The summed E-state index contributed by atoms with van der Waals surface area (Å²) >= 11 is 0. The van der Waals surface area contributed by atoms with Crippen LogP contribution in [0.25, 0.3) is 0 Å². The maximum Gasteiger partial charge on any atom is 0.246 e. The third kappa shape index (κ3) is 4.55. The van der Waals surface area contributed by atoms with Crippen molar-refractivity contribution in [1.29, 1.82) is 0 Å². The molecule has 0 aliphatic carbocycles. The molecule has 6 heteroatoms. The molecule has 2 aliphatic heterocycles. The standard InChI is InChI=1S/C20H30N4O2/c1-21-20(23(2)11-7-16-9-13-26-14-10-16)22-15-19(25)24-12-8-17-5-3-4-6-18(17)24/h3-6,16H,7-15H2,1-2H3,(H,21,22). The second kappa shape index (κ2) is 9.03. The maximum atomic E-state index is 12.6. The number of anilines is 1. The predicted molar refractivity (Wildman–Crippen MR) is 105 cm³/mol. The largest absolute Gasteiger partial charge is 0.381 e. The first-order valence-electron chi connectivity index (χ1n) is 9.57. The molecule has 0 bridgehead atoms. The number of hydrogen-bond acceptors (Lipinski definition) is 3. The number of ether oxygens (including phenoxy) is 1. The Bertz CT molecular complexity index is 640. The molecule has 0 spiro atoms. The lowest BCUT2D eigenvalue weighted by Gasteiger charge is -2.27. The van der Waals surface area contributed by atoms with Crippen molar-refractivity contribution in [3.63, 3.8) is 0 Å². The Morgan fingerprint density at radius 2 is 2.12 bits per heavy atom. The third-order valence-electron chi connectivity index (χ3n) is 5.37. The summed E-state index contributed by atoms with van der Waals surface area (Å²) in [5, 5.41) is 3.22. The number of nitrogens with one attached hydrogen (secondary N) is 1. The first-order chi connectivity index (χ1) is 12.7. The third-order valence-corrected chi connectivity index (χ3v) is 5.37. The molecule has 26 heavy (non-hydrogen) atoms. The number of benzene rings is 1. The molecule has 0 aromatic heterocycles. The average Bonchev–Trinajstić information content (AvgIpc) is 3.11. The van der Waals surface area contributed by atoms with Crippen LogP contribution in [0.1, 0.15) is 24.8 Å². The molecular weight excluding hydrogens is 328 g/mol. The minimum absolute atomic E-state index is 0.0916. The molecule has 142 valence electrons. The number of amides is 1. The second-order valence-electron chi connectivity index (χ2n) is 7.09. The molecule has 0 saturated carbocycles. The van der Waals surface area contributed by atoms with Crippen LogP contribution in [0.3, 0.4) is 0 Å². The number of nitrogens with zero attached hydrogens (tertiary/aromatic N) is 3. The SMILES string of the molecule is CN=C(NCC(=O)N1CCc2ccccc21)N(C)CCC1CCOCC1. The van der Waals surface area contributed by atoms with Gasteiger partial charge in [-0.05, 0) is 43.2 Å². The molecule has 3 rings (SSSR count). The summed E-state index contributed by atoms with van der Waals surface area (Å²) < 4.78 is 5.42. The fraction of sp³-hybridized carbons (Fsp3) is 0.600. The van der Waals surface area contributed by atoms with Crippen LogP contribution in [-0.4, -0.2) is 63.7 Å². The number of carbonyl (C=O) groups excluding carboxylic acids is 1. The lowest BCUT2D eigenvalue weighted by molar-refractivity contribution is -0.117. The Hall–Kier alpha value is -2.08. The Kier molecular flexibility index (Phi) is 6.50. The highest BCUT2D eigenvalue weighted by molar-refractivity contribution is 5.98. The molecule has 1 amide bonds. The molecule has 0 unspecified atom stereocenters. The summed E-state index contributed by atoms with van der Waals surface area (Å²) in [7, 11) is 3.80. The van der Waals surface area contributed by atoms with Gasteiger partial charge < -0.3 is 19.9 Å². The quantitative estimate of drug-likeness (QED) is 0.645. The van der Waals surface area contributed by atoms with Crippen molar-refractivity contribution in [1.82, 2.24) is 10.2 Å². The lowest BCUT2D eigenvalue weighted by atomic mass is 9.96. The number of rotatable bonds is 5. The topological polar surface area (TPSA) is 57.2 Å². The van der Waals surface area contributed by atoms with E-state index in [0.717, 1.165) is 69.6 Å². The molecule has 2 heterocycles. The first kappa shape index (κ1) is 18.7. The number of aliphatic imine (C=N–C) groups is 1. The van der Waals surface area contributed by atoms with E-state index in [9.17, 15) is 4.79 Å². The van der Waals surface area contributed by atoms with Gasteiger partial charge in [-0.2, -0.15) is 0 Å². The fourth-order valence-electron chi connectivity index (χ4n) is 3.75. The number of hydrogen-bond donors (Lipinski definition) is 1. The summed E-state index contributed by atoms with van der Waals surface area (Å²) in [5.41, 5.74) is 2.29. The highest BCUT2D eigenvalue weighted by Crippen LogP contribution is 2.27. The van der Waals surface area contributed by atoms with Crippen molar-refractivity contribution in [3.05, 3.63) is 29.8 Å². The zero-order chi connectivity index (χ0) is 18.4. The Morgan fingerprint density at radius 3 is 2.88 bits per heavy atom. The molecule has 1 aromatic rings. The molecule has 1 saturated heterocycles. The highest BCUT2D eigenvalue weighted by Gasteiger charge is 2.24. The summed E-state index contributed by atoms with van der Waals surface area (Å²) in [6, 6.07) is 8.13. The van der Waals surface area contributed by atoms with Crippen LogP contribution >= 0.6 is 0 Å². The van der Waals surface area contributed by atoms with Crippen molar-refractivity contribution in [2.45, 2.75) is 25.7 Å². The molecule has 0 radical (unpaired) electrons. The molecule has 2 aliphatic rings. The van der Waals surface area contributed by atoms with E-state index >= 15 is 0 Å². The zero-order valence-corrected chi connectivity index (χ0v) is 15.9. The van der Waals surface area contributed by atoms with Crippen LogP contribution in [0.5, 0.6) is 0 Å². The Balaban J connectivity index is 1.47. The fourth-order valence-corrected chi connectivity index (χ4v) is 3.75. The predicted octanol–water partition coefficient (Wildman–Crippen LogP) is 1.90. The van der Waals surface area contributed by atoms with Crippen molar-refractivity contribution < 1.29 is 9.53 Å². The van der Waals surface area contributed by atoms with Gasteiger partial charge in [0.1, 0.15) is 0 Å². The van der Waals surface area contributed by atoms with Crippen molar-refractivity contribution in [2.75, 3.05) is 51.8 Å². The van der Waals surface area contributed by atoms with Crippen molar-refractivity contribution in [3.8, 4) is 0 Å². The van der Waals surface area contributed by atoms with E-state index in [1.807, 2.05) is 30.1 Å². The number of para-hydroxylation sites is 1. The maximum absolute atomic E-state index is 12.6. The molecule has 1 fully saturated rings. The van der Waals surface area contributed by atoms with Crippen LogP contribution in [0.2, 0.25) is 0 Å². The Morgan fingerprint density at radius 1 is 1.35 bits per heavy atom. The molecule has 1 N–H and O–H groups in total. The summed E-state index contributed by atoms with van der Waals surface area (Å²) in [4.78, 5) is 20.9. The van der Waals surface area contributed by atoms with E-state index in [1.165, 1.54) is 5.56 Å². The van der Waals surface area contributed by atoms with Crippen LogP contribution < -0.4 is 10.2 Å². The smallest absolute Gasteiger partial charge is 0.246 e. The van der Waals surface area contributed by atoms with E-state index in [-0.39, 0.29) is 12.5 Å². The average molecular weight is 358 g/mol. The lowest BCUT2D eigenvalue weighted by Crippen LogP contribution is -2.45. The van der Waals surface area contributed by atoms with E-state index < -0.39 is 0 Å². The minimum Gasteiger partial charge on any atom is -0.381 e. The highest BCUT2D eigenvalue weighted by atomic mass is 16.5. The number of guanidine groups is 1. The zero-order valence-electron chi connectivity index (χ0n) is 15.9. The van der Waals surface area contributed by atoms with Crippen molar-refractivity contribution >= 4 is 17.6 Å². The van der Waals surface area contributed by atoms with Gasteiger partial charge in [0, 0.05) is 46.1 Å². The summed E-state index contributed by atoms with van der Waals surface area (Å²) in [5.74, 6) is 1.60. The molecule has 1 aromatic carbocycles. The van der Waals surface area contributed by atoms with Gasteiger partial charge in [0.25, 0.3) is 0 Å². The molecular formula is C20H30N4O2. The second-order valence-corrected chi connectivity index (χ2v) is 7.09. The van der Waals surface area contributed by atoms with Crippen LogP contribution in [0.4, 0.5) is 5.69 Å². The van der Waals surface area contributed by atoms with Crippen molar-refractivity contribution in [2.24, 2.45) is 10.9 Å². The number of carbonyl (C=O) groups is 1. The van der Waals surface area contributed by atoms with Gasteiger partial charge in [-0.15, -0.1) is 0 Å². The molecule has 0 atom stereocenters. The Labute approximate surface area is 156 Å². The van der Waals surface area contributed by atoms with Crippen LogP contribution in [0, 0.1) is 5.92 Å². The van der Waals surface area contributed by atoms with Crippen LogP contribution in [0.15, 0.2) is 29.3 Å². The van der Waals surface area contributed by atoms with Gasteiger partial charge >= 0.3 is 0 Å². The number of fused-ring (bicyclic) bond motifs is 1. The van der Waals surface area contributed by atoms with Gasteiger partial charge in [-0.3, -0.25) is 9.79 Å². The van der Waals surface area contributed by atoms with Gasteiger partial charge in [0.05, 0.1) is 6.54 Å². The van der Waals surface area contributed by atoms with Gasteiger partial charge in [-0.1, -0.05) is 18.2 Å². The van der Waals surface area contributed by atoms with E-state index in [1.54, 1.807) is 7.05 Å². The monoisotopic (exact) mass is 358 g/mol. The first-order valence-corrected chi connectivity index (χ1v) is 9.57. The summed E-state index contributed by atoms with van der Waals surface area (Å²) in [6.07, 6.45) is 4.36. The van der Waals surface area contributed by atoms with Gasteiger partial charge in [0.2, 0.25) is 5.91 Å². The van der Waals surface area contributed by atoms with E-state index in [4.69, 9.17) is 4.74 Å². The van der Waals surface area contributed by atoms with Crippen LogP contribution in [-0.2, 0) is 16.0 Å². The van der Waals surface area contributed by atoms with E-state index in [0.29, 0.717) is 0 Å². The normalized spacial score (nSPS) is 17.9. The summed E-state index contributed by atoms with van der Waals surface area (Å²) in [6.45, 7) is 3.73. The molecule has 6 nitrogen and oxygen atoms in total. The minimum atomic E-state index is 0.0916. The van der Waals surface area contributed by atoms with Gasteiger partial charge in [0.15, 0.2) is 5.96 Å².